The molecule has 6 fully saturated rings. The van der Waals surface area contributed by atoms with Crippen molar-refractivity contribution >= 4 is 0 Å². The number of hydrogen-bond acceptors (Lipinski definition) is 1. The molecular weight excluding hydrogens is 182 g/mol. The van der Waals surface area contributed by atoms with Crippen molar-refractivity contribution < 1.29 is 0 Å². The van der Waals surface area contributed by atoms with Crippen LogP contribution >= 0.6 is 0 Å². The van der Waals surface area contributed by atoms with Crippen molar-refractivity contribution in [1.82, 2.24) is 5.32 Å². The molecule has 6 saturated carbocycles. The van der Waals surface area contributed by atoms with E-state index in [9.17, 15) is 0 Å². The summed E-state index contributed by atoms with van der Waals surface area (Å²) in [5, 5.41) is 3.91. The van der Waals surface area contributed by atoms with Crippen LogP contribution in [0.3, 0.4) is 0 Å². The van der Waals surface area contributed by atoms with Crippen molar-refractivity contribution in [2.45, 2.75) is 32.2 Å². The molecule has 0 saturated heterocycles. The van der Waals surface area contributed by atoms with E-state index >= 15 is 0 Å². The average Bonchev–Trinajstić information content (AvgIpc) is 2.91. The zero-order valence-corrected chi connectivity index (χ0v) is 9.52. The summed E-state index contributed by atoms with van der Waals surface area (Å²) < 4.78 is 0. The second-order valence-corrected chi connectivity index (χ2v) is 6.92. The third-order valence-electron chi connectivity index (χ3n) is 6.95. The topological polar surface area (TPSA) is 12.0 Å². The predicted octanol–water partition coefficient (Wildman–Crippen LogP) is 2.13. The summed E-state index contributed by atoms with van der Waals surface area (Å²) in [6.07, 6.45) is 4.59. The van der Waals surface area contributed by atoms with Gasteiger partial charge >= 0.3 is 0 Å². The van der Waals surface area contributed by atoms with E-state index in [1.807, 2.05) is 0 Å². The molecule has 82 valence electrons. The Labute approximate surface area is 92.0 Å². The SMILES string of the molecule is CCCNC1[C@@H]2[C@@H]3C[C@@H]4[C@@H]5C[C@H]([C@@H]1[C@H]53)[C@@H]42. The van der Waals surface area contributed by atoms with Crippen LogP contribution in [0.25, 0.3) is 0 Å². The highest BCUT2D eigenvalue weighted by Gasteiger charge is 2.79. The van der Waals surface area contributed by atoms with Crippen LogP contribution in [0.5, 0.6) is 0 Å². The molecule has 0 heterocycles. The second-order valence-electron chi connectivity index (χ2n) is 6.92. The standard InChI is InChI=1S/C14H21N/c1-2-3-15-14-12-8-4-6-7-5-9(10(6)12)13(14)11(7)8/h6-15H,2-5H2,1H3/t6-,7+,8-,9+,10-,11-,12-,13-,14?/m1/s1. The Balaban J connectivity index is 1.55. The lowest BCUT2D eigenvalue weighted by atomic mass is 9.71. The third-order valence-corrected chi connectivity index (χ3v) is 6.95. The minimum absolute atomic E-state index is 0.965. The van der Waals surface area contributed by atoms with E-state index < -0.39 is 0 Å². The summed E-state index contributed by atoms with van der Waals surface area (Å²) in [6, 6.07) is 0.965. The first-order valence-corrected chi connectivity index (χ1v) is 7.15. The van der Waals surface area contributed by atoms with Crippen LogP contribution in [0.4, 0.5) is 0 Å². The van der Waals surface area contributed by atoms with Crippen LogP contribution < -0.4 is 5.32 Å². The highest BCUT2D eigenvalue weighted by atomic mass is 15.0. The Hall–Kier alpha value is -0.0400. The third kappa shape index (κ3) is 0.638. The summed E-state index contributed by atoms with van der Waals surface area (Å²) in [6.45, 7) is 3.57. The molecule has 6 rings (SSSR count). The van der Waals surface area contributed by atoms with Crippen molar-refractivity contribution in [2.24, 2.45) is 47.3 Å². The number of rotatable bonds is 3. The molecule has 1 unspecified atom stereocenters. The molecule has 9 atom stereocenters. The van der Waals surface area contributed by atoms with E-state index in [1.54, 1.807) is 12.8 Å². The van der Waals surface area contributed by atoms with Crippen LogP contribution in [-0.4, -0.2) is 12.6 Å². The van der Waals surface area contributed by atoms with Crippen molar-refractivity contribution in [3.63, 3.8) is 0 Å². The van der Waals surface area contributed by atoms with Crippen LogP contribution in [0.1, 0.15) is 26.2 Å². The van der Waals surface area contributed by atoms with Crippen LogP contribution in [0, 0.1) is 47.3 Å². The molecule has 1 heteroatoms. The van der Waals surface area contributed by atoms with Crippen LogP contribution in [-0.2, 0) is 0 Å². The molecule has 0 aliphatic heterocycles. The molecule has 6 bridgehead atoms. The first kappa shape index (κ1) is 8.11. The maximum Gasteiger partial charge on any atom is 0.0135 e. The summed E-state index contributed by atoms with van der Waals surface area (Å²) >= 11 is 0. The van der Waals surface area contributed by atoms with Gasteiger partial charge in [-0.3, -0.25) is 0 Å². The maximum atomic E-state index is 3.91. The van der Waals surface area contributed by atoms with Crippen molar-refractivity contribution in [3.05, 3.63) is 0 Å². The molecule has 1 N–H and O–H groups in total. The lowest BCUT2D eigenvalue weighted by Gasteiger charge is -2.33. The maximum absolute atomic E-state index is 3.91. The first-order chi connectivity index (χ1) is 7.42. The molecule has 6 aliphatic rings. The van der Waals surface area contributed by atoms with Crippen molar-refractivity contribution in [2.75, 3.05) is 6.54 Å². The number of nitrogens with one attached hydrogen (secondary N) is 1. The van der Waals surface area contributed by atoms with Gasteiger partial charge in [0.2, 0.25) is 0 Å². The summed E-state index contributed by atoms with van der Waals surface area (Å²) in [5.41, 5.74) is 0. The van der Waals surface area contributed by atoms with E-state index in [0.29, 0.717) is 0 Å². The number of hydrogen-bond donors (Lipinski definition) is 1. The van der Waals surface area contributed by atoms with Crippen LogP contribution in [0.15, 0.2) is 0 Å². The lowest BCUT2D eigenvalue weighted by molar-refractivity contribution is 0.132. The zero-order valence-electron chi connectivity index (χ0n) is 9.52. The summed E-state index contributed by atoms with van der Waals surface area (Å²) in [7, 11) is 0. The molecule has 0 spiro atoms. The average molecular weight is 203 g/mol. The Morgan fingerprint density at radius 1 is 0.867 bits per heavy atom. The van der Waals surface area contributed by atoms with Gasteiger partial charge in [-0.15, -0.1) is 0 Å². The fourth-order valence-electron chi connectivity index (χ4n) is 7.20. The van der Waals surface area contributed by atoms with E-state index in [1.165, 1.54) is 48.5 Å². The molecule has 0 aromatic rings. The molecule has 0 radical (unpaired) electrons. The van der Waals surface area contributed by atoms with Gasteiger partial charge in [0.1, 0.15) is 0 Å². The minimum Gasteiger partial charge on any atom is -0.313 e. The van der Waals surface area contributed by atoms with Gasteiger partial charge in [0, 0.05) is 6.04 Å². The van der Waals surface area contributed by atoms with Gasteiger partial charge < -0.3 is 5.32 Å². The molecule has 15 heavy (non-hydrogen) atoms. The molecular formula is C14H21N. The smallest absolute Gasteiger partial charge is 0.0135 e. The fourth-order valence-corrected chi connectivity index (χ4v) is 7.20. The molecule has 1 nitrogen and oxygen atoms in total. The largest absolute Gasteiger partial charge is 0.313 e. The van der Waals surface area contributed by atoms with E-state index in [4.69, 9.17) is 0 Å². The van der Waals surface area contributed by atoms with Gasteiger partial charge in [0.05, 0.1) is 0 Å². The van der Waals surface area contributed by atoms with E-state index in [2.05, 4.69) is 12.2 Å². The Bertz CT molecular complexity index is 297. The van der Waals surface area contributed by atoms with Gasteiger partial charge in [-0.1, -0.05) is 6.92 Å². The summed E-state index contributed by atoms with van der Waals surface area (Å²) in [5.74, 6) is 9.46. The molecule has 0 amide bonds. The van der Waals surface area contributed by atoms with Gasteiger partial charge in [0.25, 0.3) is 0 Å². The van der Waals surface area contributed by atoms with Gasteiger partial charge in [-0.05, 0) is 73.2 Å². The van der Waals surface area contributed by atoms with Gasteiger partial charge in [0.15, 0.2) is 0 Å². The Morgan fingerprint density at radius 3 is 2.00 bits per heavy atom. The Morgan fingerprint density at radius 2 is 1.47 bits per heavy atom. The Kier molecular flexibility index (Phi) is 1.24. The van der Waals surface area contributed by atoms with Gasteiger partial charge in [-0.2, -0.15) is 0 Å². The monoisotopic (exact) mass is 203 g/mol. The van der Waals surface area contributed by atoms with Gasteiger partial charge in [-0.25, -0.2) is 0 Å². The highest BCUT2D eigenvalue weighted by Crippen LogP contribution is 2.82. The van der Waals surface area contributed by atoms with Crippen molar-refractivity contribution in [1.29, 1.82) is 0 Å². The van der Waals surface area contributed by atoms with Crippen LogP contribution in [0.2, 0.25) is 0 Å². The fraction of sp³-hybridized carbons (Fsp3) is 1.00. The second kappa shape index (κ2) is 2.30. The predicted molar refractivity (Wildman–Crippen MR) is 59.2 cm³/mol. The molecule has 0 aromatic carbocycles. The lowest BCUT2D eigenvalue weighted by Crippen LogP contribution is -2.35. The molecule has 0 aromatic heterocycles. The van der Waals surface area contributed by atoms with E-state index in [-0.39, 0.29) is 0 Å². The van der Waals surface area contributed by atoms with E-state index in [0.717, 1.165) is 17.9 Å². The highest BCUT2D eigenvalue weighted by molar-refractivity contribution is 5.29. The molecule has 6 aliphatic carbocycles. The zero-order chi connectivity index (χ0) is 9.73. The van der Waals surface area contributed by atoms with Crippen molar-refractivity contribution in [3.8, 4) is 0 Å². The minimum atomic E-state index is 0.965. The first-order valence-electron chi connectivity index (χ1n) is 7.15. The quantitative estimate of drug-likeness (QED) is 0.741. The summed E-state index contributed by atoms with van der Waals surface area (Å²) in [4.78, 5) is 0. The normalized spacial score (nSPS) is 70.6.